The van der Waals surface area contributed by atoms with Crippen molar-refractivity contribution in [3.63, 3.8) is 0 Å². The minimum absolute atomic E-state index is 0.0888. The molecular weight excluding hydrogens is 332 g/mol. The maximum atomic E-state index is 12.6. The summed E-state index contributed by atoms with van der Waals surface area (Å²) in [5, 5.41) is 3.13. The third-order valence-corrected chi connectivity index (χ3v) is 6.25. The van der Waals surface area contributed by atoms with Gasteiger partial charge in [0.25, 0.3) is 0 Å². The molecule has 5 heteroatoms. The molecule has 4 nitrogen and oxygen atoms in total. The Morgan fingerprint density at radius 3 is 2.36 bits per heavy atom. The van der Waals surface area contributed by atoms with Crippen LogP contribution >= 0.6 is 11.8 Å². The number of thioether (sulfide) groups is 1. The van der Waals surface area contributed by atoms with Crippen LogP contribution in [0.3, 0.4) is 0 Å². The Kier molecular flexibility index (Phi) is 6.79. The van der Waals surface area contributed by atoms with Gasteiger partial charge < -0.3 is 10.2 Å². The van der Waals surface area contributed by atoms with Crippen LogP contribution in [-0.4, -0.2) is 41.6 Å². The first-order valence-electron chi connectivity index (χ1n) is 9.48. The summed E-state index contributed by atoms with van der Waals surface area (Å²) >= 11 is 1.56. The fourth-order valence-electron chi connectivity index (χ4n) is 3.79. The molecule has 1 aliphatic heterocycles. The molecule has 0 radical (unpaired) electrons. The van der Waals surface area contributed by atoms with Crippen LogP contribution in [0, 0.1) is 5.92 Å². The normalized spacial score (nSPS) is 19.6. The Labute approximate surface area is 154 Å². The first kappa shape index (κ1) is 18.3. The van der Waals surface area contributed by atoms with Crippen LogP contribution in [0.2, 0.25) is 0 Å². The van der Waals surface area contributed by atoms with Crippen LogP contribution in [-0.2, 0) is 9.59 Å². The van der Waals surface area contributed by atoms with Gasteiger partial charge in [0.15, 0.2) is 0 Å². The van der Waals surface area contributed by atoms with Gasteiger partial charge in [-0.15, -0.1) is 11.8 Å². The van der Waals surface area contributed by atoms with Gasteiger partial charge in [0.1, 0.15) is 0 Å². The number of likely N-dealkylation sites (tertiary alicyclic amines) is 1. The zero-order valence-electron chi connectivity index (χ0n) is 14.8. The van der Waals surface area contributed by atoms with E-state index in [1.807, 2.05) is 35.2 Å². The summed E-state index contributed by atoms with van der Waals surface area (Å²) in [6.45, 7) is 1.57. The summed E-state index contributed by atoms with van der Waals surface area (Å²) in [5.41, 5.74) is 0. The number of nitrogens with one attached hydrogen (secondary N) is 1. The van der Waals surface area contributed by atoms with E-state index in [1.165, 1.54) is 19.3 Å². The molecular formula is C20H28N2O2S. The highest BCUT2D eigenvalue weighted by Gasteiger charge is 2.29. The van der Waals surface area contributed by atoms with Crippen LogP contribution in [0.25, 0.3) is 0 Å². The fourth-order valence-corrected chi connectivity index (χ4v) is 4.52. The van der Waals surface area contributed by atoms with E-state index < -0.39 is 0 Å². The molecule has 2 amide bonds. The Bertz CT molecular complexity index is 564. The Balaban J connectivity index is 1.37. The maximum Gasteiger partial charge on any atom is 0.230 e. The molecule has 0 bridgehead atoms. The quantitative estimate of drug-likeness (QED) is 0.818. The third kappa shape index (κ3) is 5.50. The second kappa shape index (κ2) is 9.27. The molecule has 1 heterocycles. The lowest BCUT2D eigenvalue weighted by Gasteiger charge is -2.35. The Morgan fingerprint density at radius 1 is 1.00 bits per heavy atom. The van der Waals surface area contributed by atoms with Crippen molar-refractivity contribution in [2.75, 3.05) is 18.8 Å². The molecule has 3 rings (SSSR count). The lowest BCUT2D eigenvalue weighted by Crippen LogP contribution is -2.48. The number of hydrogen-bond acceptors (Lipinski definition) is 3. The van der Waals surface area contributed by atoms with Crippen molar-refractivity contribution in [1.82, 2.24) is 10.2 Å². The number of carbonyl (C=O) groups is 2. The monoisotopic (exact) mass is 360 g/mol. The summed E-state index contributed by atoms with van der Waals surface area (Å²) in [6, 6.07) is 10.2. The standard InChI is InChI=1S/C20H28N2O2S/c23-19(15-25-18-9-5-2-6-10-18)21-17-11-13-22(14-12-17)20(24)16-7-3-1-4-8-16/h2,5-6,9-10,16-17H,1,3-4,7-8,11-15H2,(H,21,23). The molecule has 1 aromatic rings. The van der Waals surface area contributed by atoms with Gasteiger partial charge in [-0.1, -0.05) is 37.5 Å². The summed E-state index contributed by atoms with van der Waals surface area (Å²) in [4.78, 5) is 27.9. The molecule has 0 spiro atoms. The van der Waals surface area contributed by atoms with Gasteiger partial charge in [0.2, 0.25) is 11.8 Å². The zero-order valence-corrected chi connectivity index (χ0v) is 15.6. The summed E-state index contributed by atoms with van der Waals surface area (Å²) in [7, 11) is 0. The SMILES string of the molecule is O=C(CSc1ccccc1)NC1CCN(C(=O)C2CCCCC2)CC1. The van der Waals surface area contributed by atoms with Gasteiger partial charge >= 0.3 is 0 Å². The third-order valence-electron chi connectivity index (χ3n) is 5.24. The number of rotatable bonds is 5. The number of hydrogen-bond donors (Lipinski definition) is 1. The molecule has 1 aliphatic carbocycles. The maximum absolute atomic E-state index is 12.6. The number of benzene rings is 1. The summed E-state index contributed by atoms with van der Waals surface area (Å²) < 4.78 is 0. The first-order chi connectivity index (χ1) is 12.2. The Morgan fingerprint density at radius 2 is 1.68 bits per heavy atom. The topological polar surface area (TPSA) is 49.4 Å². The molecule has 0 unspecified atom stereocenters. The molecule has 2 aliphatic rings. The van der Waals surface area contributed by atoms with E-state index in [-0.39, 0.29) is 17.9 Å². The number of piperidine rings is 1. The van der Waals surface area contributed by atoms with E-state index in [1.54, 1.807) is 11.8 Å². The van der Waals surface area contributed by atoms with Crippen molar-refractivity contribution < 1.29 is 9.59 Å². The first-order valence-corrected chi connectivity index (χ1v) is 10.5. The number of carbonyl (C=O) groups excluding carboxylic acids is 2. The minimum atomic E-state index is 0.0888. The van der Waals surface area contributed by atoms with Gasteiger partial charge in [-0.2, -0.15) is 0 Å². The molecule has 1 N–H and O–H groups in total. The lowest BCUT2D eigenvalue weighted by atomic mass is 9.87. The van der Waals surface area contributed by atoms with Crippen molar-refractivity contribution in [2.45, 2.75) is 55.9 Å². The van der Waals surface area contributed by atoms with Gasteiger partial charge in [-0.3, -0.25) is 9.59 Å². The number of nitrogens with zero attached hydrogens (tertiary/aromatic N) is 1. The van der Waals surface area contributed by atoms with Crippen molar-refractivity contribution in [2.24, 2.45) is 5.92 Å². The fraction of sp³-hybridized carbons (Fsp3) is 0.600. The van der Waals surface area contributed by atoms with E-state index in [9.17, 15) is 9.59 Å². The van der Waals surface area contributed by atoms with E-state index >= 15 is 0 Å². The number of amides is 2. The largest absolute Gasteiger partial charge is 0.353 e. The van der Waals surface area contributed by atoms with E-state index in [4.69, 9.17) is 0 Å². The lowest BCUT2D eigenvalue weighted by molar-refractivity contribution is -0.137. The highest BCUT2D eigenvalue weighted by molar-refractivity contribution is 8.00. The molecule has 136 valence electrons. The summed E-state index contributed by atoms with van der Waals surface area (Å²) in [5.74, 6) is 1.14. The molecule has 0 atom stereocenters. The van der Waals surface area contributed by atoms with Gasteiger partial charge in [0, 0.05) is 29.9 Å². The second-order valence-corrected chi connectivity index (χ2v) is 8.15. The second-order valence-electron chi connectivity index (χ2n) is 7.10. The molecule has 0 aromatic heterocycles. The van der Waals surface area contributed by atoms with E-state index in [0.717, 1.165) is 43.7 Å². The average molecular weight is 361 g/mol. The van der Waals surface area contributed by atoms with Crippen LogP contribution in [0.5, 0.6) is 0 Å². The summed E-state index contributed by atoms with van der Waals surface area (Å²) in [6.07, 6.45) is 7.54. The molecule has 1 aromatic carbocycles. The van der Waals surface area contributed by atoms with E-state index in [2.05, 4.69) is 5.32 Å². The highest BCUT2D eigenvalue weighted by atomic mass is 32.2. The van der Waals surface area contributed by atoms with Gasteiger partial charge in [-0.05, 0) is 37.8 Å². The van der Waals surface area contributed by atoms with E-state index in [0.29, 0.717) is 11.7 Å². The predicted molar refractivity (Wildman–Crippen MR) is 101 cm³/mol. The molecule has 25 heavy (non-hydrogen) atoms. The predicted octanol–water partition coefficient (Wildman–Crippen LogP) is 3.47. The van der Waals surface area contributed by atoms with Crippen LogP contribution in [0.1, 0.15) is 44.9 Å². The van der Waals surface area contributed by atoms with Crippen molar-refractivity contribution >= 4 is 23.6 Å². The van der Waals surface area contributed by atoms with Crippen LogP contribution in [0.4, 0.5) is 0 Å². The zero-order chi connectivity index (χ0) is 17.5. The smallest absolute Gasteiger partial charge is 0.230 e. The van der Waals surface area contributed by atoms with Crippen molar-refractivity contribution in [3.05, 3.63) is 30.3 Å². The van der Waals surface area contributed by atoms with Gasteiger partial charge in [-0.25, -0.2) is 0 Å². The highest BCUT2D eigenvalue weighted by Crippen LogP contribution is 2.26. The van der Waals surface area contributed by atoms with Crippen LogP contribution in [0.15, 0.2) is 35.2 Å². The van der Waals surface area contributed by atoms with Gasteiger partial charge in [0.05, 0.1) is 5.75 Å². The minimum Gasteiger partial charge on any atom is -0.353 e. The average Bonchev–Trinajstić information content (AvgIpc) is 2.68. The van der Waals surface area contributed by atoms with Crippen molar-refractivity contribution in [3.8, 4) is 0 Å². The molecule has 1 saturated heterocycles. The van der Waals surface area contributed by atoms with Crippen molar-refractivity contribution in [1.29, 1.82) is 0 Å². The van der Waals surface area contributed by atoms with Crippen LogP contribution < -0.4 is 5.32 Å². The Hall–Kier alpha value is -1.49. The molecule has 2 fully saturated rings. The molecule has 1 saturated carbocycles.